The number of benzene rings is 1. The van der Waals surface area contributed by atoms with Crippen LogP contribution in [0.4, 0.5) is 14.9 Å². The van der Waals surface area contributed by atoms with Gasteiger partial charge in [0.1, 0.15) is 18.0 Å². The molecule has 0 unspecified atom stereocenters. The van der Waals surface area contributed by atoms with Crippen molar-refractivity contribution in [2.45, 2.75) is 38.6 Å². The SMILES string of the molecule is O=C(Nc1cccc(F)c1)N1CCC(Cc2nncn2CC2CC2)CC1. The Labute approximate surface area is 152 Å². The molecule has 0 bridgehead atoms. The van der Waals surface area contributed by atoms with Crippen LogP contribution in [0.5, 0.6) is 0 Å². The van der Waals surface area contributed by atoms with E-state index in [0.29, 0.717) is 24.7 Å². The van der Waals surface area contributed by atoms with Crippen molar-refractivity contribution in [3.05, 3.63) is 42.2 Å². The molecule has 0 spiro atoms. The van der Waals surface area contributed by atoms with E-state index < -0.39 is 0 Å². The fourth-order valence-electron chi connectivity index (χ4n) is 3.54. The Hall–Kier alpha value is -2.44. The Kier molecular flexibility index (Phi) is 4.86. The zero-order valence-corrected chi connectivity index (χ0v) is 14.8. The van der Waals surface area contributed by atoms with Gasteiger partial charge in [-0.2, -0.15) is 0 Å². The molecule has 1 N–H and O–H groups in total. The van der Waals surface area contributed by atoms with E-state index in [1.165, 1.54) is 25.0 Å². The summed E-state index contributed by atoms with van der Waals surface area (Å²) in [6.07, 6.45) is 7.30. The minimum atomic E-state index is -0.350. The first kappa shape index (κ1) is 17.0. The summed E-state index contributed by atoms with van der Waals surface area (Å²) in [6, 6.07) is 5.82. The molecule has 1 aromatic carbocycles. The highest BCUT2D eigenvalue weighted by Crippen LogP contribution is 2.31. The molecule has 1 saturated heterocycles. The van der Waals surface area contributed by atoms with Crippen molar-refractivity contribution in [1.29, 1.82) is 0 Å². The molecule has 0 atom stereocenters. The Bertz CT molecular complexity index is 765. The standard InChI is InChI=1S/C19H24FN5O/c20-16-2-1-3-17(11-16)22-19(26)24-8-6-14(7-9-24)10-18-23-21-13-25(18)12-15-4-5-15/h1-3,11,13-15H,4-10,12H2,(H,22,26). The molecular weight excluding hydrogens is 333 g/mol. The number of piperidine rings is 1. The van der Waals surface area contributed by atoms with Crippen molar-refractivity contribution in [1.82, 2.24) is 19.7 Å². The smallest absolute Gasteiger partial charge is 0.321 e. The fraction of sp³-hybridized carbons (Fsp3) is 0.526. The van der Waals surface area contributed by atoms with Crippen molar-refractivity contribution in [3.8, 4) is 0 Å². The Balaban J connectivity index is 1.27. The fourth-order valence-corrected chi connectivity index (χ4v) is 3.54. The van der Waals surface area contributed by atoms with Gasteiger partial charge in [0, 0.05) is 31.7 Å². The number of rotatable bonds is 5. The molecule has 2 aliphatic rings. The summed E-state index contributed by atoms with van der Waals surface area (Å²) in [5.41, 5.74) is 0.491. The maximum Gasteiger partial charge on any atom is 0.321 e. The number of hydrogen-bond donors (Lipinski definition) is 1. The van der Waals surface area contributed by atoms with E-state index in [-0.39, 0.29) is 11.8 Å². The van der Waals surface area contributed by atoms with Crippen LogP contribution in [0, 0.1) is 17.7 Å². The molecule has 7 heteroatoms. The third-order valence-corrected chi connectivity index (χ3v) is 5.30. The molecule has 0 radical (unpaired) electrons. The molecular formula is C19H24FN5O. The quantitative estimate of drug-likeness (QED) is 0.893. The highest BCUT2D eigenvalue weighted by molar-refractivity contribution is 5.89. The van der Waals surface area contributed by atoms with E-state index in [9.17, 15) is 9.18 Å². The first-order valence-electron chi connectivity index (χ1n) is 9.35. The van der Waals surface area contributed by atoms with Gasteiger partial charge >= 0.3 is 6.03 Å². The first-order chi connectivity index (χ1) is 12.7. The predicted octanol–water partition coefficient (Wildman–Crippen LogP) is 3.31. The molecule has 1 aromatic heterocycles. The molecule has 2 heterocycles. The molecule has 1 saturated carbocycles. The third-order valence-electron chi connectivity index (χ3n) is 5.30. The molecule has 4 rings (SSSR count). The number of carbonyl (C=O) groups is 1. The molecule has 6 nitrogen and oxygen atoms in total. The normalized spacial score (nSPS) is 18.1. The topological polar surface area (TPSA) is 63.1 Å². The largest absolute Gasteiger partial charge is 0.325 e. The van der Waals surface area contributed by atoms with Crippen molar-refractivity contribution >= 4 is 11.7 Å². The Morgan fingerprint density at radius 3 is 2.73 bits per heavy atom. The van der Waals surface area contributed by atoms with Gasteiger partial charge in [-0.15, -0.1) is 10.2 Å². The van der Waals surface area contributed by atoms with Gasteiger partial charge in [0.25, 0.3) is 0 Å². The summed E-state index contributed by atoms with van der Waals surface area (Å²) in [5.74, 6) is 2.05. The van der Waals surface area contributed by atoms with E-state index in [0.717, 1.165) is 37.5 Å². The third kappa shape index (κ3) is 4.20. The van der Waals surface area contributed by atoms with Crippen molar-refractivity contribution < 1.29 is 9.18 Å². The molecule has 1 aliphatic carbocycles. The van der Waals surface area contributed by atoms with Crippen molar-refractivity contribution in [2.75, 3.05) is 18.4 Å². The molecule has 2 aromatic rings. The number of nitrogens with zero attached hydrogens (tertiary/aromatic N) is 4. The summed E-state index contributed by atoms with van der Waals surface area (Å²) in [4.78, 5) is 14.2. The number of nitrogens with one attached hydrogen (secondary N) is 1. The van der Waals surface area contributed by atoms with Gasteiger partial charge in [0.2, 0.25) is 0 Å². The Morgan fingerprint density at radius 1 is 1.19 bits per heavy atom. The lowest BCUT2D eigenvalue weighted by Crippen LogP contribution is -2.41. The van der Waals surface area contributed by atoms with Gasteiger partial charge in [0.15, 0.2) is 0 Å². The van der Waals surface area contributed by atoms with E-state index >= 15 is 0 Å². The number of likely N-dealkylation sites (tertiary alicyclic amines) is 1. The summed E-state index contributed by atoms with van der Waals surface area (Å²) in [7, 11) is 0. The lowest BCUT2D eigenvalue weighted by Gasteiger charge is -2.31. The van der Waals surface area contributed by atoms with Crippen LogP contribution in [0.25, 0.3) is 0 Å². The van der Waals surface area contributed by atoms with Crippen LogP contribution in [-0.2, 0) is 13.0 Å². The van der Waals surface area contributed by atoms with Gasteiger partial charge in [-0.25, -0.2) is 9.18 Å². The number of carbonyl (C=O) groups excluding carboxylic acids is 1. The number of hydrogen-bond acceptors (Lipinski definition) is 3. The van der Waals surface area contributed by atoms with E-state index in [1.807, 2.05) is 6.33 Å². The van der Waals surface area contributed by atoms with Crippen LogP contribution < -0.4 is 5.32 Å². The van der Waals surface area contributed by atoms with Crippen LogP contribution in [0.1, 0.15) is 31.5 Å². The van der Waals surface area contributed by atoms with Crippen LogP contribution >= 0.6 is 0 Å². The molecule has 2 amide bonds. The maximum atomic E-state index is 13.2. The summed E-state index contributed by atoms with van der Waals surface area (Å²) in [5, 5.41) is 11.1. The number of urea groups is 1. The molecule has 1 aliphatic heterocycles. The lowest BCUT2D eigenvalue weighted by molar-refractivity contribution is 0.181. The second-order valence-electron chi connectivity index (χ2n) is 7.42. The van der Waals surface area contributed by atoms with Crippen LogP contribution in [0.15, 0.2) is 30.6 Å². The zero-order chi connectivity index (χ0) is 17.9. The second kappa shape index (κ2) is 7.43. The highest BCUT2D eigenvalue weighted by atomic mass is 19.1. The maximum absolute atomic E-state index is 13.2. The number of aromatic nitrogens is 3. The van der Waals surface area contributed by atoms with Gasteiger partial charge in [-0.1, -0.05) is 6.07 Å². The first-order valence-corrected chi connectivity index (χ1v) is 9.35. The van der Waals surface area contributed by atoms with E-state index in [4.69, 9.17) is 0 Å². The van der Waals surface area contributed by atoms with Gasteiger partial charge < -0.3 is 14.8 Å². The van der Waals surface area contributed by atoms with Gasteiger partial charge in [0.05, 0.1) is 0 Å². The van der Waals surface area contributed by atoms with Crippen LogP contribution in [0.3, 0.4) is 0 Å². The minimum Gasteiger partial charge on any atom is -0.325 e. The zero-order valence-electron chi connectivity index (χ0n) is 14.8. The minimum absolute atomic E-state index is 0.161. The van der Waals surface area contributed by atoms with Gasteiger partial charge in [-0.05, 0) is 55.7 Å². The monoisotopic (exact) mass is 357 g/mol. The van der Waals surface area contributed by atoms with Crippen LogP contribution in [0.2, 0.25) is 0 Å². The summed E-state index contributed by atoms with van der Waals surface area (Å²) in [6.45, 7) is 2.46. The highest BCUT2D eigenvalue weighted by Gasteiger charge is 2.26. The predicted molar refractivity (Wildman–Crippen MR) is 96.2 cm³/mol. The number of amides is 2. The van der Waals surface area contributed by atoms with Gasteiger partial charge in [-0.3, -0.25) is 0 Å². The average Bonchev–Trinajstić information content (AvgIpc) is 3.35. The average molecular weight is 357 g/mol. The van der Waals surface area contributed by atoms with Crippen molar-refractivity contribution in [2.24, 2.45) is 11.8 Å². The van der Waals surface area contributed by atoms with E-state index in [2.05, 4.69) is 20.1 Å². The second-order valence-corrected chi connectivity index (χ2v) is 7.42. The molecule has 138 valence electrons. The molecule has 26 heavy (non-hydrogen) atoms. The summed E-state index contributed by atoms with van der Waals surface area (Å²) >= 11 is 0. The van der Waals surface area contributed by atoms with Crippen LogP contribution in [-0.4, -0.2) is 38.8 Å². The molecule has 2 fully saturated rings. The summed E-state index contributed by atoms with van der Waals surface area (Å²) < 4.78 is 15.4. The number of anilines is 1. The Morgan fingerprint density at radius 2 is 2.00 bits per heavy atom. The number of halogens is 1. The van der Waals surface area contributed by atoms with Crippen molar-refractivity contribution in [3.63, 3.8) is 0 Å². The lowest BCUT2D eigenvalue weighted by atomic mass is 9.93. The van der Waals surface area contributed by atoms with E-state index in [1.54, 1.807) is 17.0 Å².